The minimum atomic E-state index is -4.10. The van der Waals surface area contributed by atoms with Crippen LogP contribution in [0.5, 0.6) is 0 Å². The van der Waals surface area contributed by atoms with Crippen molar-refractivity contribution < 1.29 is 41.7 Å². The minimum absolute atomic E-state index is 0.0230. The van der Waals surface area contributed by atoms with Gasteiger partial charge in [-0.1, -0.05) is 44.2 Å². The number of sulfonamides is 1. The van der Waals surface area contributed by atoms with E-state index in [-0.39, 0.29) is 61.6 Å². The molecule has 13 heteroatoms. The van der Waals surface area contributed by atoms with E-state index < -0.39 is 34.4 Å². The summed E-state index contributed by atoms with van der Waals surface area (Å²) in [4.78, 5) is 24.6. The second kappa shape index (κ2) is 14.3. The summed E-state index contributed by atoms with van der Waals surface area (Å²) in [7, 11) is -4.10. The van der Waals surface area contributed by atoms with Crippen LogP contribution in [-0.4, -0.2) is 80.7 Å². The Morgan fingerprint density at radius 1 is 1.11 bits per heavy atom. The van der Waals surface area contributed by atoms with Gasteiger partial charge in [0, 0.05) is 37.5 Å². The first kappa shape index (κ1) is 32.9. The highest BCUT2D eigenvalue weighted by atomic mass is 32.2. The number of aliphatic hydroxyl groups excluding tert-OH is 1. The number of furan rings is 1. The summed E-state index contributed by atoms with van der Waals surface area (Å²) in [6.07, 6.45) is -0.392. The zero-order chi connectivity index (χ0) is 32.1. The maximum absolute atomic E-state index is 14.1. The molecule has 0 aliphatic carbocycles. The van der Waals surface area contributed by atoms with Crippen LogP contribution in [0.2, 0.25) is 0 Å². The Morgan fingerprint density at radius 3 is 2.62 bits per heavy atom. The molecule has 0 radical (unpaired) electrons. The summed E-state index contributed by atoms with van der Waals surface area (Å²) >= 11 is 0. The highest BCUT2D eigenvalue weighted by molar-refractivity contribution is 7.89. The van der Waals surface area contributed by atoms with Crippen LogP contribution in [0.1, 0.15) is 38.3 Å². The molecule has 0 unspecified atom stereocenters. The number of rotatable bonds is 13. The van der Waals surface area contributed by atoms with Crippen molar-refractivity contribution in [2.45, 2.75) is 69.6 Å². The lowest BCUT2D eigenvalue weighted by Crippen LogP contribution is -2.51. The number of ether oxygens (including phenoxy) is 3. The lowest BCUT2D eigenvalue weighted by Gasteiger charge is -2.31. The summed E-state index contributed by atoms with van der Waals surface area (Å²) in [5, 5.41) is 17.6. The van der Waals surface area contributed by atoms with Crippen molar-refractivity contribution in [3.05, 3.63) is 65.9 Å². The predicted molar refractivity (Wildman–Crippen MR) is 164 cm³/mol. The minimum Gasteiger partial charge on any atom is -0.464 e. The molecular weight excluding hydrogens is 602 g/mol. The Bertz CT molecular complexity index is 1580. The lowest BCUT2D eigenvalue weighted by atomic mass is 10.0. The van der Waals surface area contributed by atoms with Gasteiger partial charge in [-0.25, -0.2) is 13.2 Å². The van der Waals surface area contributed by atoms with E-state index in [2.05, 4.69) is 10.6 Å². The molecule has 2 amide bonds. The number of fused-ring (bicyclic) bond motifs is 2. The first-order valence-corrected chi connectivity index (χ1v) is 16.6. The van der Waals surface area contributed by atoms with Gasteiger partial charge in [-0.15, -0.1) is 0 Å². The van der Waals surface area contributed by atoms with E-state index >= 15 is 0 Å². The largest absolute Gasteiger partial charge is 0.464 e. The lowest BCUT2D eigenvalue weighted by molar-refractivity contribution is -0.119. The normalized spacial score (nSPS) is 21.2. The number of carbonyl (C=O) groups is 2. The number of amides is 2. The van der Waals surface area contributed by atoms with E-state index in [9.17, 15) is 23.1 Å². The van der Waals surface area contributed by atoms with Crippen molar-refractivity contribution in [1.29, 1.82) is 0 Å². The molecule has 0 bridgehead atoms. The van der Waals surface area contributed by atoms with E-state index in [0.717, 1.165) is 12.0 Å². The average Bonchev–Trinajstić information content (AvgIpc) is 3.73. The van der Waals surface area contributed by atoms with Crippen LogP contribution >= 0.6 is 0 Å². The third kappa shape index (κ3) is 8.03. The highest BCUT2D eigenvalue weighted by Crippen LogP contribution is 2.33. The zero-order valence-corrected chi connectivity index (χ0v) is 26.5. The summed E-state index contributed by atoms with van der Waals surface area (Å²) in [5.74, 6) is -0.332. The monoisotopic (exact) mass is 643 g/mol. The van der Waals surface area contributed by atoms with Gasteiger partial charge >= 0.3 is 6.09 Å². The fourth-order valence-electron chi connectivity index (χ4n) is 5.76. The average molecular weight is 644 g/mol. The first-order chi connectivity index (χ1) is 21.5. The zero-order valence-electron chi connectivity index (χ0n) is 25.7. The molecule has 12 nitrogen and oxygen atoms in total. The third-order valence-corrected chi connectivity index (χ3v) is 9.89. The van der Waals surface area contributed by atoms with E-state index in [1.165, 1.54) is 29.6 Å². The summed E-state index contributed by atoms with van der Waals surface area (Å²) in [6, 6.07) is 13.0. The number of nitrogens with zero attached hydrogens (tertiary/aromatic N) is 1. The van der Waals surface area contributed by atoms with Gasteiger partial charge in [-0.05, 0) is 42.5 Å². The van der Waals surface area contributed by atoms with E-state index in [0.29, 0.717) is 23.1 Å². The van der Waals surface area contributed by atoms with E-state index in [1.54, 1.807) is 6.07 Å². The van der Waals surface area contributed by atoms with Crippen molar-refractivity contribution in [3.63, 3.8) is 0 Å². The molecule has 2 saturated heterocycles. The van der Waals surface area contributed by atoms with Gasteiger partial charge < -0.3 is 34.4 Å². The molecule has 3 N–H and O–H groups in total. The summed E-state index contributed by atoms with van der Waals surface area (Å²) < 4.78 is 51.7. The second-order valence-corrected chi connectivity index (χ2v) is 14.0. The number of aliphatic hydroxyl groups is 1. The topological polar surface area (TPSA) is 157 Å². The van der Waals surface area contributed by atoms with Gasteiger partial charge in [0.05, 0.1) is 42.4 Å². The van der Waals surface area contributed by atoms with E-state index in [4.69, 9.17) is 18.6 Å². The van der Waals surface area contributed by atoms with Crippen LogP contribution in [0.4, 0.5) is 4.79 Å². The van der Waals surface area contributed by atoms with Crippen molar-refractivity contribution in [2.24, 2.45) is 11.8 Å². The molecule has 2 aliphatic rings. The van der Waals surface area contributed by atoms with Crippen LogP contribution in [0.3, 0.4) is 0 Å². The molecule has 45 heavy (non-hydrogen) atoms. The van der Waals surface area contributed by atoms with Crippen LogP contribution in [0.15, 0.2) is 64.1 Å². The number of alkyl carbamates (subject to hydrolysis) is 1. The Kier molecular flexibility index (Phi) is 10.4. The SMILES string of the molecule is CC(=O)NCc1coc2ccc(S(=O)(=O)N(CC(C)C)C[C@@H](O)[C@H](Cc3ccccc3)NC(=O)O[C@H]3CO[C@H]4OCC[C@H]43)cc12. The Hall–Kier alpha value is -3.49. The summed E-state index contributed by atoms with van der Waals surface area (Å²) in [5.41, 5.74) is 1.98. The van der Waals surface area contributed by atoms with Crippen molar-refractivity contribution in [3.8, 4) is 0 Å². The fraction of sp³-hybridized carbons (Fsp3) is 0.500. The van der Waals surface area contributed by atoms with Gasteiger partial charge in [0.2, 0.25) is 15.9 Å². The molecule has 2 aromatic carbocycles. The standard InChI is InChI=1S/C32H41N3O9S/c1-20(2)16-35(45(39,40)24-9-10-29-26(14-24)23(18-42-29)15-33-21(3)36)17-28(37)27(13-22-7-5-4-6-8-22)34-32(38)44-30-19-43-31-25(30)11-12-41-31/h4-10,14,18,20,25,27-28,30-31,37H,11-13,15-17,19H2,1-3H3,(H,33,36)(H,34,38)/t25-,27-,28+,30-,31+/m0/s1. The first-order valence-electron chi connectivity index (χ1n) is 15.2. The maximum atomic E-state index is 14.1. The van der Waals surface area contributed by atoms with Crippen LogP contribution < -0.4 is 10.6 Å². The van der Waals surface area contributed by atoms with Gasteiger partial charge in [0.1, 0.15) is 11.7 Å². The Labute approximate surface area is 263 Å². The molecule has 3 aromatic rings. The molecule has 5 atom stereocenters. The van der Waals surface area contributed by atoms with Crippen molar-refractivity contribution in [1.82, 2.24) is 14.9 Å². The van der Waals surface area contributed by atoms with Gasteiger partial charge in [0.25, 0.3) is 0 Å². The van der Waals surface area contributed by atoms with Crippen LogP contribution in [0, 0.1) is 11.8 Å². The van der Waals surface area contributed by atoms with Gasteiger partial charge in [-0.3, -0.25) is 4.79 Å². The number of hydrogen-bond donors (Lipinski definition) is 3. The Balaban J connectivity index is 1.36. The fourth-order valence-corrected chi connectivity index (χ4v) is 7.41. The third-order valence-electron chi connectivity index (χ3n) is 8.06. The van der Waals surface area contributed by atoms with Gasteiger partial charge in [0.15, 0.2) is 6.29 Å². The maximum Gasteiger partial charge on any atom is 0.407 e. The smallest absolute Gasteiger partial charge is 0.407 e. The number of nitrogens with one attached hydrogen (secondary N) is 2. The molecule has 244 valence electrons. The van der Waals surface area contributed by atoms with Crippen molar-refractivity contribution >= 4 is 33.0 Å². The highest BCUT2D eigenvalue weighted by Gasteiger charge is 2.44. The molecule has 3 heterocycles. The molecule has 5 rings (SSSR count). The molecule has 0 spiro atoms. The molecule has 0 saturated carbocycles. The predicted octanol–water partition coefficient (Wildman–Crippen LogP) is 3.18. The van der Waals surface area contributed by atoms with Crippen LogP contribution in [0.25, 0.3) is 11.0 Å². The number of hydrogen-bond acceptors (Lipinski definition) is 9. The second-order valence-electron chi connectivity index (χ2n) is 12.0. The quantitative estimate of drug-likeness (QED) is 0.255. The number of benzene rings is 2. The summed E-state index contributed by atoms with van der Waals surface area (Å²) in [6.45, 7) is 5.98. The molecule has 1 aromatic heterocycles. The number of carbonyl (C=O) groups excluding carboxylic acids is 2. The Morgan fingerprint density at radius 2 is 1.89 bits per heavy atom. The van der Waals surface area contributed by atoms with Crippen LogP contribution in [-0.2, 0) is 42.0 Å². The molecule has 2 aliphatic heterocycles. The van der Waals surface area contributed by atoms with Gasteiger partial charge in [-0.2, -0.15) is 4.31 Å². The van der Waals surface area contributed by atoms with E-state index in [1.807, 2.05) is 44.2 Å². The molecular formula is C32H41N3O9S. The van der Waals surface area contributed by atoms with Crippen molar-refractivity contribution in [2.75, 3.05) is 26.3 Å². The molecule has 2 fully saturated rings.